The quantitative estimate of drug-likeness (QED) is 0.929. The number of piperidine rings is 1. The van der Waals surface area contributed by atoms with Crippen LogP contribution in [-0.4, -0.2) is 26.8 Å². The monoisotopic (exact) mass is 268 g/mol. The third-order valence-electron chi connectivity index (χ3n) is 4.69. The fraction of sp³-hybridized carbons (Fsp3) is 0.500. The molecule has 0 radical (unpaired) electrons. The van der Waals surface area contributed by atoms with E-state index in [2.05, 4.69) is 44.3 Å². The smallest absolute Gasteiger partial charge is 0.137 e. The summed E-state index contributed by atoms with van der Waals surface area (Å²) in [6.07, 6.45) is 8.17. The molecule has 1 N–H and O–H groups in total. The summed E-state index contributed by atoms with van der Waals surface area (Å²) in [4.78, 5) is 0. The molecule has 4 nitrogen and oxygen atoms in total. The Bertz CT molecular complexity index is 565. The molecular formula is C16H20N4. The Morgan fingerprint density at radius 3 is 2.60 bits per heavy atom. The lowest BCUT2D eigenvalue weighted by Crippen LogP contribution is -2.38. The van der Waals surface area contributed by atoms with E-state index in [4.69, 9.17) is 0 Å². The molecule has 104 valence electrons. The molecule has 2 bridgehead atoms. The molecule has 0 amide bonds. The standard InChI is InChI=1S/C16H20N4/c1-2-4-15(5-3-1)20-11-17-19-16(20)10-12-8-13-6-7-14(9-12)18-13/h1-5,11-14,18H,6-10H2. The Kier molecular flexibility index (Phi) is 3.03. The van der Waals surface area contributed by atoms with Gasteiger partial charge in [0.25, 0.3) is 0 Å². The first-order chi connectivity index (χ1) is 9.88. The summed E-state index contributed by atoms with van der Waals surface area (Å²) in [5.41, 5.74) is 1.16. The maximum Gasteiger partial charge on any atom is 0.137 e. The van der Waals surface area contributed by atoms with E-state index in [1.54, 1.807) is 0 Å². The van der Waals surface area contributed by atoms with Crippen molar-refractivity contribution in [2.45, 2.75) is 44.2 Å². The first-order valence-corrected chi connectivity index (χ1v) is 7.59. The van der Waals surface area contributed by atoms with E-state index in [9.17, 15) is 0 Å². The molecule has 1 aromatic carbocycles. The lowest BCUT2D eigenvalue weighted by atomic mass is 9.89. The molecule has 20 heavy (non-hydrogen) atoms. The number of hydrogen-bond donors (Lipinski definition) is 1. The minimum atomic E-state index is 0.742. The summed E-state index contributed by atoms with van der Waals surface area (Å²) < 4.78 is 2.13. The van der Waals surface area contributed by atoms with Gasteiger partial charge in [-0.25, -0.2) is 0 Å². The van der Waals surface area contributed by atoms with Gasteiger partial charge in [0, 0.05) is 24.2 Å². The van der Waals surface area contributed by atoms with Crippen LogP contribution in [0.3, 0.4) is 0 Å². The maximum absolute atomic E-state index is 4.35. The molecule has 2 aliphatic rings. The summed E-state index contributed by atoms with van der Waals surface area (Å²) >= 11 is 0. The van der Waals surface area contributed by atoms with Crippen molar-refractivity contribution in [3.05, 3.63) is 42.5 Å². The Morgan fingerprint density at radius 1 is 1.10 bits per heavy atom. The third kappa shape index (κ3) is 2.24. The zero-order valence-corrected chi connectivity index (χ0v) is 11.6. The van der Waals surface area contributed by atoms with Gasteiger partial charge in [-0.15, -0.1) is 10.2 Å². The summed E-state index contributed by atoms with van der Waals surface area (Å²) in [6, 6.07) is 11.9. The van der Waals surface area contributed by atoms with Crippen LogP contribution in [0.25, 0.3) is 5.69 Å². The third-order valence-corrected chi connectivity index (χ3v) is 4.69. The molecule has 0 saturated carbocycles. The second-order valence-corrected chi connectivity index (χ2v) is 6.13. The number of hydrogen-bond acceptors (Lipinski definition) is 3. The number of nitrogens with one attached hydrogen (secondary N) is 1. The molecule has 3 heterocycles. The van der Waals surface area contributed by atoms with Crippen LogP contribution in [-0.2, 0) is 6.42 Å². The Balaban J connectivity index is 1.54. The lowest BCUT2D eigenvalue weighted by molar-refractivity contribution is 0.294. The SMILES string of the molecule is c1ccc(-n2cnnc2CC2CC3CCC(C2)N3)cc1. The van der Waals surface area contributed by atoms with E-state index in [-0.39, 0.29) is 0 Å². The van der Waals surface area contributed by atoms with Gasteiger partial charge in [-0.1, -0.05) is 18.2 Å². The van der Waals surface area contributed by atoms with Crippen molar-refractivity contribution in [3.63, 3.8) is 0 Å². The second-order valence-electron chi connectivity index (χ2n) is 6.13. The highest BCUT2D eigenvalue weighted by Gasteiger charge is 2.33. The van der Waals surface area contributed by atoms with Crippen molar-refractivity contribution in [2.24, 2.45) is 5.92 Å². The summed E-state index contributed by atoms with van der Waals surface area (Å²) in [7, 11) is 0. The van der Waals surface area contributed by atoms with Crippen molar-refractivity contribution in [1.82, 2.24) is 20.1 Å². The number of fused-ring (bicyclic) bond motifs is 2. The van der Waals surface area contributed by atoms with E-state index in [0.29, 0.717) is 0 Å². The van der Waals surface area contributed by atoms with Gasteiger partial charge in [0.05, 0.1) is 0 Å². The van der Waals surface area contributed by atoms with Crippen molar-refractivity contribution < 1.29 is 0 Å². The number of aromatic nitrogens is 3. The van der Waals surface area contributed by atoms with Crippen LogP contribution in [0.1, 0.15) is 31.5 Å². The molecule has 2 aromatic rings. The average molecular weight is 268 g/mol. The van der Waals surface area contributed by atoms with Gasteiger partial charge in [-0.3, -0.25) is 4.57 Å². The van der Waals surface area contributed by atoms with E-state index in [1.165, 1.54) is 25.7 Å². The van der Waals surface area contributed by atoms with Crippen LogP contribution in [0.15, 0.2) is 36.7 Å². The molecule has 2 unspecified atom stereocenters. The largest absolute Gasteiger partial charge is 0.311 e. The van der Waals surface area contributed by atoms with Crippen molar-refractivity contribution in [2.75, 3.05) is 0 Å². The molecule has 2 saturated heterocycles. The molecule has 0 aliphatic carbocycles. The molecule has 4 rings (SSSR count). The van der Waals surface area contributed by atoms with Crippen molar-refractivity contribution in [3.8, 4) is 5.69 Å². The lowest BCUT2D eigenvalue weighted by Gasteiger charge is -2.28. The Morgan fingerprint density at radius 2 is 1.85 bits per heavy atom. The van der Waals surface area contributed by atoms with Gasteiger partial charge >= 0.3 is 0 Å². The van der Waals surface area contributed by atoms with E-state index in [0.717, 1.165) is 35.9 Å². The zero-order valence-electron chi connectivity index (χ0n) is 11.6. The number of rotatable bonds is 3. The van der Waals surface area contributed by atoms with Gasteiger partial charge in [0.2, 0.25) is 0 Å². The fourth-order valence-corrected chi connectivity index (χ4v) is 3.80. The van der Waals surface area contributed by atoms with Gasteiger partial charge in [0.1, 0.15) is 12.2 Å². The van der Waals surface area contributed by atoms with E-state index >= 15 is 0 Å². The van der Waals surface area contributed by atoms with Crippen LogP contribution in [0.2, 0.25) is 0 Å². The van der Waals surface area contributed by atoms with Crippen molar-refractivity contribution >= 4 is 0 Å². The molecule has 4 heteroatoms. The highest BCUT2D eigenvalue weighted by Crippen LogP contribution is 2.32. The Labute approximate surface area is 119 Å². The van der Waals surface area contributed by atoms with Gasteiger partial charge < -0.3 is 5.32 Å². The number of benzene rings is 1. The maximum atomic E-state index is 4.35. The van der Waals surface area contributed by atoms with Crippen LogP contribution >= 0.6 is 0 Å². The zero-order chi connectivity index (χ0) is 13.4. The predicted molar refractivity (Wildman–Crippen MR) is 77.7 cm³/mol. The molecule has 2 atom stereocenters. The highest BCUT2D eigenvalue weighted by atomic mass is 15.3. The van der Waals surface area contributed by atoms with Gasteiger partial charge in [-0.05, 0) is 43.7 Å². The van der Waals surface area contributed by atoms with Crippen LogP contribution < -0.4 is 5.32 Å². The second kappa shape index (κ2) is 5.02. The topological polar surface area (TPSA) is 42.7 Å². The summed E-state index contributed by atoms with van der Waals surface area (Å²) in [6.45, 7) is 0. The first-order valence-electron chi connectivity index (χ1n) is 7.59. The molecule has 2 aliphatic heterocycles. The van der Waals surface area contributed by atoms with Crippen molar-refractivity contribution in [1.29, 1.82) is 0 Å². The fourth-order valence-electron chi connectivity index (χ4n) is 3.80. The van der Waals surface area contributed by atoms with Crippen LogP contribution in [0, 0.1) is 5.92 Å². The first kappa shape index (κ1) is 12.1. The number of para-hydroxylation sites is 1. The summed E-state index contributed by atoms with van der Waals surface area (Å²) in [5, 5.41) is 12.2. The minimum Gasteiger partial charge on any atom is -0.311 e. The van der Waals surface area contributed by atoms with Gasteiger partial charge in [0.15, 0.2) is 0 Å². The minimum absolute atomic E-state index is 0.742. The highest BCUT2D eigenvalue weighted by molar-refractivity contribution is 5.32. The number of nitrogens with zero attached hydrogens (tertiary/aromatic N) is 3. The van der Waals surface area contributed by atoms with Crippen LogP contribution in [0.5, 0.6) is 0 Å². The predicted octanol–water partition coefficient (Wildman–Crippen LogP) is 2.34. The molecular weight excluding hydrogens is 248 g/mol. The van der Waals surface area contributed by atoms with Gasteiger partial charge in [-0.2, -0.15) is 0 Å². The normalized spacial score (nSPS) is 28.7. The molecule has 2 fully saturated rings. The van der Waals surface area contributed by atoms with Crippen LogP contribution in [0.4, 0.5) is 0 Å². The Hall–Kier alpha value is -1.68. The average Bonchev–Trinajstić information content (AvgIpc) is 3.07. The summed E-state index contributed by atoms with van der Waals surface area (Å²) in [5.74, 6) is 1.85. The van der Waals surface area contributed by atoms with E-state index in [1.807, 2.05) is 12.4 Å². The van der Waals surface area contributed by atoms with E-state index < -0.39 is 0 Å². The molecule has 0 spiro atoms. The molecule has 1 aromatic heterocycles.